The van der Waals surface area contributed by atoms with Gasteiger partial charge in [0.25, 0.3) is 0 Å². The molecule has 1 heterocycles. The molecule has 0 aliphatic carbocycles. The quantitative estimate of drug-likeness (QED) is 0.846. The van der Waals surface area contributed by atoms with Gasteiger partial charge >= 0.3 is 0 Å². The molecule has 2 atom stereocenters. The number of carbonyl (C=O) groups is 1. The molecule has 112 valence electrons. The van der Waals surface area contributed by atoms with E-state index in [0.717, 1.165) is 26.2 Å². The Morgan fingerprint density at radius 2 is 1.79 bits per heavy atom. The summed E-state index contributed by atoms with van der Waals surface area (Å²) in [5, 5.41) is 10.2. The summed E-state index contributed by atoms with van der Waals surface area (Å²) in [6.45, 7) is 12.1. The Morgan fingerprint density at radius 1 is 1.26 bits per heavy atom. The zero-order chi connectivity index (χ0) is 14.6. The predicted molar refractivity (Wildman–Crippen MR) is 81.5 cm³/mol. The van der Waals surface area contributed by atoms with E-state index >= 15 is 0 Å². The van der Waals surface area contributed by atoms with Gasteiger partial charge in [0.15, 0.2) is 0 Å². The SMILES string of the molecule is CS[C@@H](C)C(=O)N1CCN(C[C@H](O)C(C)(C)C)CC1. The summed E-state index contributed by atoms with van der Waals surface area (Å²) in [6.07, 6.45) is 1.65. The van der Waals surface area contributed by atoms with Crippen molar-refractivity contribution in [1.29, 1.82) is 0 Å². The third-order valence-electron chi connectivity index (χ3n) is 3.82. The minimum absolute atomic E-state index is 0.0479. The Balaban J connectivity index is 2.39. The number of nitrogens with zero attached hydrogens (tertiary/aromatic N) is 2. The second-order valence-corrected chi connectivity index (χ2v) is 7.56. The molecule has 1 saturated heterocycles. The van der Waals surface area contributed by atoms with Gasteiger partial charge in [0.2, 0.25) is 5.91 Å². The van der Waals surface area contributed by atoms with Crippen LogP contribution in [0.15, 0.2) is 0 Å². The molecule has 5 heteroatoms. The van der Waals surface area contributed by atoms with Crippen LogP contribution in [0, 0.1) is 5.41 Å². The highest BCUT2D eigenvalue weighted by atomic mass is 32.2. The van der Waals surface area contributed by atoms with Gasteiger partial charge in [-0.25, -0.2) is 0 Å². The second-order valence-electron chi connectivity index (χ2n) is 6.39. The number of β-amino-alcohol motifs (C(OH)–C–C–N with tert-alkyl or cyclic N) is 1. The van der Waals surface area contributed by atoms with E-state index in [4.69, 9.17) is 0 Å². The third kappa shape index (κ3) is 4.97. The van der Waals surface area contributed by atoms with Crippen LogP contribution in [0.4, 0.5) is 0 Å². The Hall–Kier alpha value is -0.260. The lowest BCUT2D eigenvalue weighted by atomic mass is 9.89. The maximum absolute atomic E-state index is 12.1. The fourth-order valence-corrected chi connectivity index (χ4v) is 2.38. The number of piperazine rings is 1. The lowest BCUT2D eigenvalue weighted by molar-refractivity contribution is -0.132. The Bertz CT molecular complexity index is 296. The van der Waals surface area contributed by atoms with Crippen molar-refractivity contribution in [2.75, 3.05) is 39.0 Å². The topological polar surface area (TPSA) is 43.8 Å². The van der Waals surface area contributed by atoms with E-state index in [1.165, 1.54) is 0 Å². The molecule has 1 aliphatic heterocycles. The number of thioether (sulfide) groups is 1. The lowest BCUT2D eigenvalue weighted by Crippen LogP contribution is -2.53. The molecule has 19 heavy (non-hydrogen) atoms. The van der Waals surface area contributed by atoms with E-state index in [-0.39, 0.29) is 22.7 Å². The minimum atomic E-state index is -0.320. The van der Waals surface area contributed by atoms with Crippen molar-refractivity contribution in [3.8, 4) is 0 Å². The van der Waals surface area contributed by atoms with Crippen LogP contribution in [0.25, 0.3) is 0 Å². The maximum Gasteiger partial charge on any atom is 0.235 e. The molecule has 0 saturated carbocycles. The second kappa shape index (κ2) is 6.95. The largest absolute Gasteiger partial charge is 0.391 e. The van der Waals surface area contributed by atoms with E-state index in [0.29, 0.717) is 6.54 Å². The minimum Gasteiger partial charge on any atom is -0.391 e. The Morgan fingerprint density at radius 3 is 2.21 bits per heavy atom. The average molecular weight is 288 g/mol. The first kappa shape index (κ1) is 16.8. The predicted octanol–water partition coefficient (Wildman–Crippen LogP) is 1.29. The van der Waals surface area contributed by atoms with E-state index in [2.05, 4.69) is 25.7 Å². The fraction of sp³-hybridized carbons (Fsp3) is 0.929. The summed E-state index contributed by atoms with van der Waals surface area (Å²) in [7, 11) is 0. The van der Waals surface area contributed by atoms with Crippen molar-refractivity contribution in [3.63, 3.8) is 0 Å². The first-order valence-electron chi connectivity index (χ1n) is 6.97. The van der Waals surface area contributed by atoms with Crippen molar-refractivity contribution >= 4 is 17.7 Å². The number of hydrogen-bond donors (Lipinski definition) is 1. The number of hydrogen-bond acceptors (Lipinski definition) is 4. The van der Waals surface area contributed by atoms with Crippen LogP contribution >= 0.6 is 11.8 Å². The van der Waals surface area contributed by atoms with Crippen molar-refractivity contribution in [3.05, 3.63) is 0 Å². The van der Waals surface area contributed by atoms with Crippen LogP contribution in [0.2, 0.25) is 0 Å². The molecule has 1 amide bonds. The zero-order valence-electron chi connectivity index (χ0n) is 12.8. The lowest BCUT2D eigenvalue weighted by Gasteiger charge is -2.38. The summed E-state index contributed by atoms with van der Waals surface area (Å²) in [5.74, 6) is 0.239. The zero-order valence-corrected chi connectivity index (χ0v) is 13.7. The first-order chi connectivity index (χ1) is 8.75. The van der Waals surface area contributed by atoms with Gasteiger partial charge in [-0.15, -0.1) is 0 Å². The number of aliphatic hydroxyl groups excluding tert-OH is 1. The van der Waals surface area contributed by atoms with E-state index in [1.807, 2.05) is 18.1 Å². The van der Waals surface area contributed by atoms with Crippen LogP contribution in [0.1, 0.15) is 27.7 Å². The standard InChI is InChI=1S/C14H28N2O2S/c1-11(19-5)13(18)16-8-6-15(7-9-16)10-12(17)14(2,3)4/h11-12,17H,6-10H2,1-5H3/t11-,12-/m0/s1. The van der Waals surface area contributed by atoms with Gasteiger partial charge in [-0.1, -0.05) is 20.8 Å². The van der Waals surface area contributed by atoms with Gasteiger partial charge in [-0.2, -0.15) is 11.8 Å². The van der Waals surface area contributed by atoms with E-state index in [9.17, 15) is 9.90 Å². The molecule has 1 fully saturated rings. The molecule has 1 aliphatic rings. The summed E-state index contributed by atoms with van der Waals surface area (Å²) in [6, 6.07) is 0. The Labute approximate surface area is 121 Å². The highest BCUT2D eigenvalue weighted by molar-refractivity contribution is 7.99. The van der Waals surface area contributed by atoms with Crippen LogP contribution < -0.4 is 0 Å². The molecule has 4 nitrogen and oxygen atoms in total. The van der Waals surface area contributed by atoms with Crippen LogP contribution in [-0.4, -0.2) is 71.1 Å². The van der Waals surface area contributed by atoms with Gasteiger partial charge in [-0.05, 0) is 18.6 Å². The summed E-state index contributed by atoms with van der Waals surface area (Å²) >= 11 is 1.60. The number of aliphatic hydroxyl groups is 1. The molecule has 0 aromatic rings. The molecular formula is C14H28N2O2S. The molecule has 1 rings (SSSR count). The van der Waals surface area contributed by atoms with E-state index in [1.54, 1.807) is 11.8 Å². The summed E-state index contributed by atoms with van der Waals surface area (Å²) in [5.41, 5.74) is -0.0830. The Kier molecular flexibility index (Phi) is 6.15. The molecule has 0 unspecified atom stereocenters. The van der Waals surface area contributed by atoms with E-state index < -0.39 is 0 Å². The molecule has 0 spiro atoms. The molecule has 0 aromatic heterocycles. The maximum atomic E-state index is 12.1. The molecule has 0 aromatic carbocycles. The highest BCUT2D eigenvalue weighted by Crippen LogP contribution is 2.20. The van der Waals surface area contributed by atoms with Gasteiger partial charge in [-0.3, -0.25) is 9.69 Å². The normalized spacial score (nSPS) is 21.3. The van der Waals surface area contributed by atoms with Crippen molar-refractivity contribution < 1.29 is 9.90 Å². The number of carbonyl (C=O) groups excluding carboxylic acids is 1. The molecule has 0 radical (unpaired) electrons. The monoisotopic (exact) mass is 288 g/mol. The van der Waals surface area contributed by atoms with Crippen molar-refractivity contribution in [2.24, 2.45) is 5.41 Å². The summed E-state index contributed by atoms with van der Waals surface area (Å²) < 4.78 is 0. The van der Waals surface area contributed by atoms with Gasteiger partial charge in [0.05, 0.1) is 11.4 Å². The smallest absolute Gasteiger partial charge is 0.235 e. The molecule has 0 bridgehead atoms. The summed E-state index contributed by atoms with van der Waals surface area (Å²) in [4.78, 5) is 16.3. The highest BCUT2D eigenvalue weighted by Gasteiger charge is 2.28. The number of rotatable bonds is 4. The average Bonchev–Trinajstić information content (AvgIpc) is 2.36. The van der Waals surface area contributed by atoms with Gasteiger partial charge in [0, 0.05) is 32.7 Å². The van der Waals surface area contributed by atoms with Crippen LogP contribution in [0.5, 0.6) is 0 Å². The van der Waals surface area contributed by atoms with Crippen molar-refractivity contribution in [2.45, 2.75) is 39.0 Å². The van der Waals surface area contributed by atoms with Gasteiger partial charge in [0.1, 0.15) is 0 Å². The third-order valence-corrected chi connectivity index (χ3v) is 4.72. The first-order valence-corrected chi connectivity index (χ1v) is 8.26. The van der Waals surface area contributed by atoms with Crippen LogP contribution in [-0.2, 0) is 4.79 Å². The van der Waals surface area contributed by atoms with Crippen LogP contribution in [0.3, 0.4) is 0 Å². The number of amides is 1. The molecular weight excluding hydrogens is 260 g/mol. The molecule has 1 N–H and O–H groups in total. The van der Waals surface area contributed by atoms with Crippen molar-refractivity contribution in [1.82, 2.24) is 9.80 Å². The fourth-order valence-electron chi connectivity index (χ4n) is 2.03. The van der Waals surface area contributed by atoms with Gasteiger partial charge < -0.3 is 10.0 Å².